The summed E-state index contributed by atoms with van der Waals surface area (Å²) in [6.45, 7) is 0. The second-order valence-corrected chi connectivity index (χ2v) is 12.7. The van der Waals surface area contributed by atoms with Gasteiger partial charge in [-0.1, -0.05) is 133 Å². The van der Waals surface area contributed by atoms with E-state index < -0.39 is 11.8 Å². The molecule has 0 saturated heterocycles. The predicted octanol–water partition coefficient (Wildman–Crippen LogP) is 9.71. The lowest BCUT2D eigenvalue weighted by Gasteiger charge is -2.15. The fourth-order valence-electron chi connectivity index (χ4n) is 7.36. The Labute approximate surface area is 298 Å². The van der Waals surface area contributed by atoms with Crippen LogP contribution in [0.15, 0.2) is 170 Å². The molecule has 0 saturated carbocycles. The van der Waals surface area contributed by atoms with Crippen LogP contribution >= 0.6 is 0 Å². The number of ketones is 2. The van der Waals surface area contributed by atoms with Crippen molar-refractivity contribution in [3.63, 3.8) is 0 Å². The summed E-state index contributed by atoms with van der Waals surface area (Å²) in [6.07, 6.45) is 0. The van der Waals surface area contributed by atoms with Crippen LogP contribution in [0.3, 0.4) is 0 Å². The first-order chi connectivity index (χ1) is 25.5. The molecule has 9 rings (SSSR count). The van der Waals surface area contributed by atoms with Gasteiger partial charge in [0, 0.05) is 33.0 Å². The molecule has 0 spiro atoms. The zero-order valence-corrected chi connectivity index (χ0v) is 27.7. The van der Waals surface area contributed by atoms with Gasteiger partial charge in [-0.05, 0) is 47.5 Å². The van der Waals surface area contributed by atoms with Gasteiger partial charge in [0.25, 0.3) is 11.8 Å². The second kappa shape index (κ2) is 12.3. The summed E-state index contributed by atoms with van der Waals surface area (Å²) in [4.78, 5) is 58.1. The first-order valence-corrected chi connectivity index (χ1v) is 16.9. The summed E-state index contributed by atoms with van der Waals surface area (Å²) in [5, 5.41) is 1.18. The van der Waals surface area contributed by atoms with E-state index in [1.807, 2.05) is 114 Å². The highest BCUT2D eigenvalue weighted by Gasteiger charge is 2.39. The van der Waals surface area contributed by atoms with Gasteiger partial charge in [0.2, 0.25) is 0 Å². The Bertz CT molecular complexity index is 2620. The standard InChI is InChI=1S/C46H28N2O4/c49-43(31-15-6-2-7-16-31)34-19-10-22-37-40(34)41-35(44(50)32-17-8-3-9-18-32)20-11-23-38(41)48(37)39-24-12-21-36-42(39)46(52)47(45(36)51)33-27-25-30(26-28-33)29-13-4-1-5-14-29/h1-28H. The summed E-state index contributed by atoms with van der Waals surface area (Å²) < 4.78 is 1.90. The zero-order chi connectivity index (χ0) is 35.3. The number of carbonyl (C=O) groups excluding carboxylic acids is 4. The molecule has 246 valence electrons. The third-order valence-corrected chi connectivity index (χ3v) is 9.74. The van der Waals surface area contributed by atoms with Gasteiger partial charge in [0.1, 0.15) is 0 Å². The molecule has 2 heterocycles. The highest BCUT2D eigenvalue weighted by molar-refractivity contribution is 6.36. The Morgan fingerprint density at radius 2 is 0.904 bits per heavy atom. The molecule has 0 unspecified atom stereocenters. The summed E-state index contributed by atoms with van der Waals surface area (Å²) in [7, 11) is 0. The fourth-order valence-corrected chi connectivity index (χ4v) is 7.36. The highest BCUT2D eigenvalue weighted by atomic mass is 16.2. The minimum Gasteiger partial charge on any atom is -0.308 e. The number of aromatic nitrogens is 1. The van der Waals surface area contributed by atoms with Crippen molar-refractivity contribution in [2.24, 2.45) is 0 Å². The molecule has 0 radical (unpaired) electrons. The third-order valence-electron chi connectivity index (χ3n) is 9.74. The summed E-state index contributed by atoms with van der Waals surface area (Å²) >= 11 is 0. The van der Waals surface area contributed by atoms with E-state index in [1.54, 1.807) is 60.7 Å². The molecule has 8 aromatic rings. The van der Waals surface area contributed by atoms with Crippen LogP contribution in [0.25, 0.3) is 38.6 Å². The van der Waals surface area contributed by atoms with Crippen LogP contribution in [0, 0.1) is 0 Å². The van der Waals surface area contributed by atoms with Crippen molar-refractivity contribution in [1.29, 1.82) is 0 Å². The van der Waals surface area contributed by atoms with Crippen molar-refractivity contribution in [3.8, 4) is 16.8 Å². The van der Waals surface area contributed by atoms with Crippen molar-refractivity contribution in [1.82, 2.24) is 4.57 Å². The Morgan fingerprint density at radius 1 is 0.423 bits per heavy atom. The first kappa shape index (κ1) is 30.8. The Kier molecular flexibility index (Phi) is 7.30. The van der Waals surface area contributed by atoms with E-state index in [9.17, 15) is 19.2 Å². The fraction of sp³-hybridized carbons (Fsp3) is 0. The number of hydrogen-bond acceptors (Lipinski definition) is 4. The van der Waals surface area contributed by atoms with Crippen molar-refractivity contribution in [2.45, 2.75) is 0 Å². The van der Waals surface area contributed by atoms with Crippen LogP contribution in [0.4, 0.5) is 5.69 Å². The van der Waals surface area contributed by atoms with E-state index >= 15 is 0 Å². The van der Waals surface area contributed by atoms with Crippen LogP contribution < -0.4 is 4.90 Å². The molecule has 6 heteroatoms. The Morgan fingerprint density at radius 3 is 1.44 bits per heavy atom. The zero-order valence-electron chi connectivity index (χ0n) is 27.7. The maximum absolute atomic E-state index is 14.5. The number of rotatable bonds is 7. The van der Waals surface area contributed by atoms with Crippen LogP contribution in [-0.4, -0.2) is 27.9 Å². The lowest BCUT2D eigenvalue weighted by Crippen LogP contribution is -2.29. The molecule has 2 amide bonds. The molecular formula is C46H28N2O4. The van der Waals surface area contributed by atoms with Crippen molar-refractivity contribution >= 4 is 50.9 Å². The molecule has 0 bridgehead atoms. The van der Waals surface area contributed by atoms with E-state index in [4.69, 9.17) is 0 Å². The average molecular weight is 673 g/mol. The Balaban J connectivity index is 1.26. The molecule has 7 aromatic carbocycles. The van der Waals surface area contributed by atoms with Gasteiger partial charge in [0.15, 0.2) is 11.6 Å². The van der Waals surface area contributed by atoms with E-state index in [0.29, 0.717) is 55.4 Å². The van der Waals surface area contributed by atoms with Crippen molar-refractivity contribution < 1.29 is 19.2 Å². The predicted molar refractivity (Wildman–Crippen MR) is 204 cm³/mol. The molecule has 1 aliphatic heterocycles. The van der Waals surface area contributed by atoms with Gasteiger partial charge < -0.3 is 4.57 Å². The van der Waals surface area contributed by atoms with E-state index in [0.717, 1.165) is 11.1 Å². The minimum atomic E-state index is -0.453. The number of benzene rings is 7. The number of nitrogens with zero attached hydrogens (tertiary/aromatic N) is 2. The molecule has 1 aromatic heterocycles. The van der Waals surface area contributed by atoms with Crippen molar-refractivity contribution in [3.05, 3.63) is 203 Å². The van der Waals surface area contributed by atoms with Crippen LogP contribution in [0.1, 0.15) is 52.6 Å². The number of amides is 2. The molecule has 0 atom stereocenters. The van der Waals surface area contributed by atoms with Crippen LogP contribution in [0.2, 0.25) is 0 Å². The average Bonchev–Trinajstić information content (AvgIpc) is 3.69. The highest BCUT2D eigenvalue weighted by Crippen LogP contribution is 2.41. The Hall–Kier alpha value is -7.18. The summed E-state index contributed by atoms with van der Waals surface area (Å²) in [5.74, 6) is -1.26. The summed E-state index contributed by atoms with van der Waals surface area (Å²) in [5.41, 5.74) is 6.60. The van der Waals surface area contributed by atoms with Gasteiger partial charge in [-0.2, -0.15) is 0 Å². The SMILES string of the molecule is O=C(c1ccccc1)c1cccc2c1c1c(C(=O)c3ccccc3)cccc1n2-c1cccc2c1C(=O)N(c1ccc(-c3ccccc3)cc1)C2=O. The van der Waals surface area contributed by atoms with E-state index in [1.165, 1.54) is 4.90 Å². The van der Waals surface area contributed by atoms with Gasteiger partial charge in [0.05, 0.1) is 33.5 Å². The number of hydrogen-bond donors (Lipinski definition) is 0. The van der Waals surface area contributed by atoms with Crippen molar-refractivity contribution in [2.75, 3.05) is 4.90 Å². The van der Waals surface area contributed by atoms with E-state index in [-0.39, 0.29) is 22.7 Å². The molecule has 1 aliphatic rings. The van der Waals surface area contributed by atoms with Crippen LogP contribution in [0.5, 0.6) is 0 Å². The number of anilines is 1. The number of fused-ring (bicyclic) bond motifs is 4. The number of carbonyl (C=O) groups is 4. The molecule has 0 fully saturated rings. The monoisotopic (exact) mass is 672 g/mol. The van der Waals surface area contributed by atoms with Gasteiger partial charge in [-0.15, -0.1) is 0 Å². The molecule has 52 heavy (non-hydrogen) atoms. The maximum atomic E-state index is 14.5. The maximum Gasteiger partial charge on any atom is 0.268 e. The largest absolute Gasteiger partial charge is 0.308 e. The van der Waals surface area contributed by atoms with E-state index in [2.05, 4.69) is 0 Å². The first-order valence-electron chi connectivity index (χ1n) is 16.9. The molecule has 0 N–H and O–H groups in total. The normalized spacial score (nSPS) is 12.4. The van der Waals surface area contributed by atoms with Crippen LogP contribution in [-0.2, 0) is 0 Å². The third kappa shape index (κ3) is 4.81. The topological polar surface area (TPSA) is 76.5 Å². The lowest BCUT2D eigenvalue weighted by molar-refractivity contribution is 0.0924. The molecule has 6 nitrogen and oxygen atoms in total. The quantitative estimate of drug-likeness (QED) is 0.125. The van der Waals surface area contributed by atoms with Gasteiger partial charge >= 0.3 is 0 Å². The molecular weight excluding hydrogens is 645 g/mol. The van der Waals surface area contributed by atoms with Gasteiger partial charge in [-0.3, -0.25) is 19.2 Å². The molecule has 0 aliphatic carbocycles. The number of imide groups is 1. The second-order valence-electron chi connectivity index (χ2n) is 12.7. The van der Waals surface area contributed by atoms with Gasteiger partial charge in [-0.25, -0.2) is 4.90 Å². The minimum absolute atomic E-state index is 0.193. The smallest absolute Gasteiger partial charge is 0.268 e. The summed E-state index contributed by atoms with van der Waals surface area (Å²) in [6, 6.07) is 51.5. The lowest BCUT2D eigenvalue weighted by atomic mass is 9.94.